The maximum Gasteiger partial charge on any atom is 0.166 e. The number of rotatable bonds is 8. The maximum atomic E-state index is 15.1. The molecule has 1 fully saturated rings. The summed E-state index contributed by atoms with van der Waals surface area (Å²) in [4.78, 5) is 2.11. The van der Waals surface area contributed by atoms with E-state index in [-0.39, 0.29) is 18.7 Å². The number of hydrogen-bond acceptors (Lipinski definition) is 6. The second-order valence-corrected chi connectivity index (χ2v) is 8.96. The quantitative estimate of drug-likeness (QED) is 0.300. The molecule has 4 N–H and O–H groups in total. The average Bonchev–Trinajstić information content (AvgIpc) is 3.52. The fraction of sp³-hybridized carbons (Fsp3) is 0.308. The van der Waals surface area contributed by atoms with E-state index in [0.29, 0.717) is 23.4 Å². The summed E-state index contributed by atoms with van der Waals surface area (Å²) in [5.74, 6) is -1.65. The van der Waals surface area contributed by atoms with Gasteiger partial charge in [0.15, 0.2) is 11.6 Å². The van der Waals surface area contributed by atoms with Gasteiger partial charge in [-0.2, -0.15) is 10.2 Å². The molecule has 0 spiro atoms. The van der Waals surface area contributed by atoms with Gasteiger partial charge in [-0.3, -0.25) is 14.7 Å². The van der Waals surface area contributed by atoms with Crippen LogP contribution in [0.25, 0.3) is 34.2 Å². The number of benzene rings is 2. The third-order valence-corrected chi connectivity index (χ3v) is 6.36. The molecule has 36 heavy (non-hydrogen) atoms. The van der Waals surface area contributed by atoms with Crippen LogP contribution in [0.3, 0.4) is 0 Å². The average molecular weight is 495 g/mol. The Kier molecular flexibility index (Phi) is 7.19. The molecule has 3 heterocycles. The van der Waals surface area contributed by atoms with Gasteiger partial charge in [0.25, 0.3) is 0 Å². The number of aromatic amines is 1. The molecule has 8 nitrogen and oxygen atoms in total. The van der Waals surface area contributed by atoms with Gasteiger partial charge in [-0.25, -0.2) is 8.78 Å². The minimum Gasteiger partial charge on any atom is -0.394 e. The first-order valence-electron chi connectivity index (χ1n) is 11.9. The maximum absolute atomic E-state index is 15.1. The molecule has 0 aliphatic carbocycles. The van der Waals surface area contributed by atoms with Crippen molar-refractivity contribution in [2.75, 3.05) is 32.8 Å². The van der Waals surface area contributed by atoms with Gasteiger partial charge in [-0.15, -0.1) is 0 Å². The van der Waals surface area contributed by atoms with Gasteiger partial charge in [-0.1, -0.05) is 18.2 Å². The smallest absolute Gasteiger partial charge is 0.166 e. The summed E-state index contributed by atoms with van der Waals surface area (Å²) in [6.07, 6.45) is 6.13. The molecule has 0 saturated carbocycles. The first-order valence-corrected chi connectivity index (χ1v) is 11.9. The van der Waals surface area contributed by atoms with Crippen molar-refractivity contribution in [1.82, 2.24) is 30.2 Å². The van der Waals surface area contributed by atoms with E-state index in [1.54, 1.807) is 53.5 Å². The molecule has 2 aromatic carbocycles. The Morgan fingerprint density at radius 1 is 1.08 bits per heavy atom. The molecule has 1 saturated heterocycles. The molecule has 1 atom stereocenters. The predicted octanol–water partition coefficient (Wildman–Crippen LogP) is 2.63. The SMILES string of the molecule is OC[C@H](O)Cn1cc(/C=C/c2n[nH]c3ccc(-c4ccc(CN5CCNCC5)c(F)c4F)cc23)cn1. The zero-order valence-corrected chi connectivity index (χ0v) is 19.7. The number of nitrogens with one attached hydrogen (secondary N) is 2. The van der Waals surface area contributed by atoms with Crippen LogP contribution < -0.4 is 5.32 Å². The third kappa shape index (κ3) is 5.21. The number of aliphatic hydroxyl groups is 2. The third-order valence-electron chi connectivity index (χ3n) is 6.36. The van der Waals surface area contributed by atoms with Gasteiger partial charge in [0.05, 0.1) is 36.7 Å². The lowest BCUT2D eigenvalue weighted by Crippen LogP contribution is -2.43. The van der Waals surface area contributed by atoms with E-state index in [9.17, 15) is 9.50 Å². The molecule has 2 aromatic heterocycles. The fourth-order valence-corrected chi connectivity index (χ4v) is 4.39. The Morgan fingerprint density at radius 2 is 1.92 bits per heavy atom. The highest BCUT2D eigenvalue weighted by Crippen LogP contribution is 2.30. The standard InChI is InChI=1S/C26H28F2N6O2/c27-25-19(14-33-9-7-29-8-10-33)2-4-21(26(25)28)18-3-6-24-22(11-18)23(31-32-24)5-1-17-12-30-34(13-17)15-20(36)16-35/h1-6,11-13,20,29,35-36H,7-10,14-16H2,(H,31,32)/b5-1+/t20-/m1/s1. The number of H-pyrrole nitrogens is 1. The Balaban J connectivity index is 1.38. The summed E-state index contributed by atoms with van der Waals surface area (Å²) >= 11 is 0. The van der Waals surface area contributed by atoms with E-state index in [0.717, 1.165) is 42.6 Å². The lowest BCUT2D eigenvalue weighted by atomic mass is 10.00. The van der Waals surface area contributed by atoms with Crippen molar-refractivity contribution in [1.29, 1.82) is 0 Å². The Hall–Kier alpha value is -3.44. The van der Waals surface area contributed by atoms with Crippen LogP contribution in [0.5, 0.6) is 0 Å². The van der Waals surface area contributed by atoms with Gasteiger partial charge in [-0.05, 0) is 29.8 Å². The largest absolute Gasteiger partial charge is 0.394 e. The van der Waals surface area contributed by atoms with Crippen LogP contribution in [0.15, 0.2) is 42.7 Å². The van der Waals surface area contributed by atoms with Crippen molar-refractivity contribution in [2.45, 2.75) is 19.2 Å². The minimum atomic E-state index is -0.878. The normalized spacial score (nSPS) is 15.8. The van der Waals surface area contributed by atoms with Crippen LogP contribution in [0.4, 0.5) is 8.78 Å². The van der Waals surface area contributed by atoms with Crippen molar-refractivity contribution in [3.63, 3.8) is 0 Å². The van der Waals surface area contributed by atoms with Gasteiger partial charge >= 0.3 is 0 Å². The molecule has 0 amide bonds. The van der Waals surface area contributed by atoms with Crippen molar-refractivity contribution >= 4 is 23.1 Å². The second kappa shape index (κ2) is 10.7. The number of piperazine rings is 1. The summed E-state index contributed by atoms with van der Waals surface area (Å²) in [6.45, 7) is 3.54. The summed E-state index contributed by atoms with van der Waals surface area (Å²) in [7, 11) is 0. The highest BCUT2D eigenvalue weighted by Gasteiger charge is 2.18. The van der Waals surface area contributed by atoms with E-state index in [1.807, 2.05) is 6.08 Å². The van der Waals surface area contributed by atoms with Gasteiger partial charge in [0.1, 0.15) is 0 Å². The van der Waals surface area contributed by atoms with Crippen molar-refractivity contribution < 1.29 is 19.0 Å². The van der Waals surface area contributed by atoms with Gasteiger partial charge in [0.2, 0.25) is 0 Å². The molecular weight excluding hydrogens is 466 g/mol. The van der Waals surface area contributed by atoms with Crippen molar-refractivity contribution in [3.05, 3.63) is 71.2 Å². The molecular formula is C26H28F2N6O2. The lowest BCUT2D eigenvalue weighted by molar-refractivity contribution is 0.0782. The first kappa shape index (κ1) is 24.3. The summed E-state index contributed by atoms with van der Waals surface area (Å²) in [6, 6.07) is 8.66. The van der Waals surface area contributed by atoms with Crippen LogP contribution in [0.2, 0.25) is 0 Å². The number of hydrogen-bond donors (Lipinski definition) is 4. The Bertz CT molecular complexity index is 1380. The van der Waals surface area contributed by atoms with E-state index >= 15 is 4.39 Å². The number of nitrogens with zero attached hydrogens (tertiary/aromatic N) is 4. The molecule has 188 valence electrons. The van der Waals surface area contributed by atoms with Crippen LogP contribution >= 0.6 is 0 Å². The predicted molar refractivity (Wildman–Crippen MR) is 134 cm³/mol. The molecule has 5 rings (SSSR count). The number of aromatic nitrogens is 4. The van der Waals surface area contributed by atoms with Gasteiger partial charge < -0.3 is 15.5 Å². The first-order chi connectivity index (χ1) is 17.5. The number of fused-ring (bicyclic) bond motifs is 1. The fourth-order valence-electron chi connectivity index (χ4n) is 4.39. The van der Waals surface area contributed by atoms with Gasteiger partial charge in [0, 0.05) is 61.0 Å². The topological polar surface area (TPSA) is 102 Å². The van der Waals surface area contributed by atoms with Crippen LogP contribution in [0, 0.1) is 11.6 Å². The van der Waals surface area contributed by atoms with Crippen molar-refractivity contribution in [2.24, 2.45) is 0 Å². The molecule has 0 radical (unpaired) electrons. The van der Waals surface area contributed by atoms with E-state index in [1.165, 1.54) is 0 Å². The Morgan fingerprint density at radius 3 is 2.72 bits per heavy atom. The summed E-state index contributed by atoms with van der Waals surface area (Å²) in [5.41, 5.74) is 3.34. The molecule has 10 heteroatoms. The zero-order chi connectivity index (χ0) is 25.1. The lowest BCUT2D eigenvalue weighted by Gasteiger charge is -2.27. The van der Waals surface area contributed by atoms with E-state index in [4.69, 9.17) is 5.11 Å². The van der Waals surface area contributed by atoms with E-state index < -0.39 is 17.7 Å². The molecule has 1 aliphatic rings. The number of halogens is 2. The second-order valence-electron chi connectivity index (χ2n) is 8.96. The minimum absolute atomic E-state index is 0.190. The highest BCUT2D eigenvalue weighted by molar-refractivity contribution is 5.92. The van der Waals surface area contributed by atoms with Crippen LogP contribution in [-0.4, -0.2) is 74.0 Å². The van der Waals surface area contributed by atoms with Crippen molar-refractivity contribution in [3.8, 4) is 11.1 Å². The van der Waals surface area contributed by atoms with E-state index in [2.05, 4.69) is 25.5 Å². The summed E-state index contributed by atoms with van der Waals surface area (Å²) < 4.78 is 31.6. The molecule has 1 aliphatic heterocycles. The van der Waals surface area contributed by atoms with Crippen LogP contribution in [-0.2, 0) is 13.1 Å². The molecule has 0 unspecified atom stereocenters. The highest BCUT2D eigenvalue weighted by atomic mass is 19.2. The zero-order valence-electron chi connectivity index (χ0n) is 19.7. The molecule has 0 bridgehead atoms. The Labute approximate surface area is 206 Å². The number of aliphatic hydroxyl groups excluding tert-OH is 2. The van der Waals surface area contributed by atoms with Crippen LogP contribution in [0.1, 0.15) is 16.8 Å². The molecule has 4 aromatic rings. The summed E-state index contributed by atoms with van der Waals surface area (Å²) in [5, 5.41) is 34.1. The monoisotopic (exact) mass is 494 g/mol.